The smallest absolute Gasteiger partial charge is 0.243 e. The van der Waals surface area contributed by atoms with Crippen LogP contribution in [0.5, 0.6) is 0 Å². The Hall–Kier alpha value is -0.670. The molecular formula is C15H25ClN2O4S2. The predicted molar refractivity (Wildman–Crippen MR) is 96.8 cm³/mol. The van der Waals surface area contributed by atoms with Gasteiger partial charge in [0.25, 0.3) is 0 Å². The highest BCUT2D eigenvalue weighted by atomic mass is 35.5. The molecule has 1 saturated heterocycles. The summed E-state index contributed by atoms with van der Waals surface area (Å²) >= 11 is 0. The first-order valence-electron chi connectivity index (χ1n) is 7.76. The molecular weight excluding hydrogens is 372 g/mol. The van der Waals surface area contributed by atoms with E-state index in [2.05, 4.69) is 5.32 Å². The maximum absolute atomic E-state index is 12.7. The molecule has 0 aliphatic carbocycles. The van der Waals surface area contributed by atoms with Gasteiger partial charge in [-0.25, -0.2) is 16.8 Å². The van der Waals surface area contributed by atoms with E-state index in [4.69, 9.17) is 0 Å². The third-order valence-electron chi connectivity index (χ3n) is 4.13. The van der Waals surface area contributed by atoms with Crippen molar-refractivity contribution in [3.05, 3.63) is 24.3 Å². The number of nitrogens with one attached hydrogen (secondary N) is 1. The number of sulfone groups is 1. The Morgan fingerprint density at radius 3 is 2.25 bits per heavy atom. The van der Waals surface area contributed by atoms with E-state index in [-0.39, 0.29) is 22.2 Å². The lowest BCUT2D eigenvalue weighted by atomic mass is 9.98. The number of rotatable bonds is 6. The van der Waals surface area contributed by atoms with Crippen molar-refractivity contribution in [3.8, 4) is 0 Å². The van der Waals surface area contributed by atoms with Crippen LogP contribution in [0.25, 0.3) is 0 Å². The molecule has 1 fully saturated rings. The van der Waals surface area contributed by atoms with E-state index in [9.17, 15) is 16.8 Å². The van der Waals surface area contributed by atoms with Gasteiger partial charge in [-0.2, -0.15) is 4.31 Å². The SMILES string of the molecule is CCNCC1CCN(S(=O)(=O)c2cccc(S(C)(=O)=O)c2)CC1.Cl. The number of benzene rings is 1. The van der Waals surface area contributed by atoms with Crippen molar-refractivity contribution in [3.63, 3.8) is 0 Å². The normalized spacial score (nSPS) is 17.4. The van der Waals surface area contributed by atoms with E-state index in [0.29, 0.717) is 19.0 Å². The number of piperidine rings is 1. The third-order valence-corrected chi connectivity index (χ3v) is 7.13. The Kier molecular flexibility index (Phi) is 7.68. The molecule has 0 atom stereocenters. The summed E-state index contributed by atoms with van der Waals surface area (Å²) in [4.78, 5) is 0.0752. The first-order valence-corrected chi connectivity index (χ1v) is 11.1. The minimum absolute atomic E-state index is 0. The molecule has 2 rings (SSSR count). The Morgan fingerprint density at radius 1 is 1.12 bits per heavy atom. The summed E-state index contributed by atoms with van der Waals surface area (Å²) in [5, 5.41) is 3.29. The Balaban J connectivity index is 0.00000288. The number of halogens is 1. The van der Waals surface area contributed by atoms with E-state index in [1.165, 1.54) is 28.6 Å². The molecule has 0 aromatic heterocycles. The molecule has 0 saturated carbocycles. The molecule has 0 bridgehead atoms. The lowest BCUT2D eigenvalue weighted by Crippen LogP contribution is -2.40. The zero-order valence-electron chi connectivity index (χ0n) is 13.9. The van der Waals surface area contributed by atoms with Gasteiger partial charge in [0.05, 0.1) is 9.79 Å². The van der Waals surface area contributed by atoms with E-state index in [1.54, 1.807) is 0 Å². The van der Waals surface area contributed by atoms with Gasteiger partial charge in [-0.3, -0.25) is 0 Å². The highest BCUT2D eigenvalue weighted by molar-refractivity contribution is 7.91. The van der Waals surface area contributed by atoms with Crippen LogP contribution < -0.4 is 5.32 Å². The standard InChI is InChI=1S/C15H24N2O4S2.ClH/c1-3-16-12-13-7-9-17(10-8-13)23(20,21)15-6-4-5-14(11-15)22(2,18)19;/h4-6,11,13,16H,3,7-10,12H2,1-2H3;1H. The van der Waals surface area contributed by atoms with Crippen LogP contribution in [0.3, 0.4) is 0 Å². The fourth-order valence-corrected chi connectivity index (χ4v) is 4.97. The Morgan fingerprint density at radius 2 is 1.71 bits per heavy atom. The number of hydrogen-bond donors (Lipinski definition) is 1. The van der Waals surface area contributed by atoms with Crippen molar-refractivity contribution in [2.75, 3.05) is 32.4 Å². The fraction of sp³-hybridized carbons (Fsp3) is 0.600. The topological polar surface area (TPSA) is 83.6 Å². The molecule has 1 heterocycles. The van der Waals surface area contributed by atoms with E-state index < -0.39 is 19.9 Å². The van der Waals surface area contributed by atoms with E-state index >= 15 is 0 Å². The average Bonchev–Trinajstić information content (AvgIpc) is 2.52. The van der Waals surface area contributed by atoms with E-state index in [0.717, 1.165) is 32.2 Å². The molecule has 9 heteroatoms. The van der Waals surface area contributed by atoms with Gasteiger partial charge >= 0.3 is 0 Å². The van der Waals surface area contributed by atoms with Crippen molar-refractivity contribution in [2.45, 2.75) is 29.6 Å². The van der Waals surface area contributed by atoms with Crippen LogP contribution in [0.1, 0.15) is 19.8 Å². The van der Waals surface area contributed by atoms with Crippen molar-refractivity contribution >= 4 is 32.3 Å². The zero-order chi connectivity index (χ0) is 17.1. The summed E-state index contributed by atoms with van der Waals surface area (Å²) in [5.74, 6) is 0.490. The monoisotopic (exact) mass is 396 g/mol. The quantitative estimate of drug-likeness (QED) is 0.788. The lowest BCUT2D eigenvalue weighted by Gasteiger charge is -2.31. The van der Waals surface area contributed by atoms with Gasteiger partial charge in [-0.05, 0) is 50.0 Å². The van der Waals surface area contributed by atoms with Crippen LogP contribution in [-0.2, 0) is 19.9 Å². The van der Waals surface area contributed by atoms with Crippen molar-refractivity contribution in [1.82, 2.24) is 9.62 Å². The Bertz CT molecular complexity index is 742. The molecule has 0 amide bonds. The number of hydrogen-bond acceptors (Lipinski definition) is 5. The second kappa shape index (κ2) is 8.62. The number of sulfonamides is 1. The van der Waals surface area contributed by atoms with Gasteiger partial charge in [-0.1, -0.05) is 13.0 Å². The molecule has 138 valence electrons. The second-order valence-corrected chi connectivity index (χ2v) is 9.86. The summed E-state index contributed by atoms with van der Waals surface area (Å²) in [6, 6.07) is 5.59. The minimum Gasteiger partial charge on any atom is -0.317 e. The lowest BCUT2D eigenvalue weighted by molar-refractivity contribution is 0.268. The first-order chi connectivity index (χ1) is 10.7. The van der Waals surface area contributed by atoms with E-state index in [1.807, 2.05) is 6.92 Å². The highest BCUT2D eigenvalue weighted by Crippen LogP contribution is 2.25. The summed E-state index contributed by atoms with van der Waals surface area (Å²) in [6.07, 6.45) is 2.71. The molecule has 1 aliphatic heterocycles. The average molecular weight is 397 g/mol. The van der Waals surface area contributed by atoms with Crippen molar-refractivity contribution in [2.24, 2.45) is 5.92 Å². The van der Waals surface area contributed by atoms with Gasteiger partial charge in [0.15, 0.2) is 9.84 Å². The van der Waals surface area contributed by atoms with Gasteiger partial charge < -0.3 is 5.32 Å². The summed E-state index contributed by atoms with van der Waals surface area (Å²) in [5.41, 5.74) is 0. The van der Waals surface area contributed by atoms with Gasteiger partial charge in [0.2, 0.25) is 10.0 Å². The molecule has 0 spiro atoms. The number of nitrogens with zero attached hydrogens (tertiary/aromatic N) is 1. The van der Waals surface area contributed by atoms with Crippen LogP contribution in [0, 0.1) is 5.92 Å². The molecule has 0 radical (unpaired) electrons. The van der Waals surface area contributed by atoms with Gasteiger partial charge in [-0.15, -0.1) is 12.4 Å². The molecule has 6 nitrogen and oxygen atoms in total. The molecule has 1 N–H and O–H groups in total. The maximum Gasteiger partial charge on any atom is 0.243 e. The third kappa shape index (κ3) is 5.16. The van der Waals surface area contributed by atoms with Gasteiger partial charge in [0.1, 0.15) is 0 Å². The second-order valence-electron chi connectivity index (χ2n) is 5.90. The molecule has 1 aromatic rings. The van der Waals surface area contributed by atoms with Crippen LogP contribution in [-0.4, -0.2) is 53.6 Å². The summed E-state index contributed by atoms with van der Waals surface area (Å²) in [7, 11) is -7.07. The minimum atomic E-state index is -3.64. The summed E-state index contributed by atoms with van der Waals surface area (Å²) < 4.78 is 50.1. The Labute approximate surface area is 151 Å². The highest BCUT2D eigenvalue weighted by Gasteiger charge is 2.29. The van der Waals surface area contributed by atoms with Gasteiger partial charge in [0, 0.05) is 19.3 Å². The van der Waals surface area contributed by atoms with Crippen molar-refractivity contribution in [1.29, 1.82) is 0 Å². The van der Waals surface area contributed by atoms with Crippen molar-refractivity contribution < 1.29 is 16.8 Å². The first kappa shape index (κ1) is 21.4. The van der Waals surface area contributed by atoms with Crippen LogP contribution >= 0.6 is 12.4 Å². The van der Waals surface area contributed by atoms with Crippen LogP contribution in [0.2, 0.25) is 0 Å². The van der Waals surface area contributed by atoms with Crippen LogP contribution in [0.15, 0.2) is 34.1 Å². The molecule has 0 unspecified atom stereocenters. The fourth-order valence-electron chi connectivity index (χ4n) is 2.72. The zero-order valence-corrected chi connectivity index (χ0v) is 16.4. The maximum atomic E-state index is 12.7. The molecule has 1 aliphatic rings. The van der Waals surface area contributed by atoms with Crippen LogP contribution in [0.4, 0.5) is 0 Å². The predicted octanol–water partition coefficient (Wildman–Crippen LogP) is 1.52. The summed E-state index contributed by atoms with van der Waals surface area (Å²) in [6.45, 7) is 4.82. The largest absolute Gasteiger partial charge is 0.317 e. The molecule has 1 aromatic carbocycles. The molecule has 24 heavy (non-hydrogen) atoms.